The number of carbonyl (C=O) groups excluding carboxylic acids is 1. The first-order chi connectivity index (χ1) is 11.3. The van der Waals surface area contributed by atoms with Gasteiger partial charge in [-0.3, -0.25) is 0 Å². The van der Waals surface area contributed by atoms with Gasteiger partial charge in [-0.2, -0.15) is 4.98 Å². The molecule has 0 aromatic carbocycles. The SMILES string of the molecule is CCC[C@@H](NC(=O)N1CCC(c2ncon2)CC1)c1cccs1. The third-order valence-electron chi connectivity index (χ3n) is 4.29. The van der Waals surface area contributed by atoms with Gasteiger partial charge in [0.05, 0.1) is 6.04 Å². The normalized spacial score (nSPS) is 17.2. The monoisotopic (exact) mass is 334 g/mol. The summed E-state index contributed by atoms with van der Waals surface area (Å²) in [6.07, 6.45) is 5.13. The van der Waals surface area contributed by atoms with Crippen molar-refractivity contribution in [3.8, 4) is 0 Å². The molecule has 6 nitrogen and oxygen atoms in total. The molecule has 7 heteroatoms. The van der Waals surface area contributed by atoms with Crippen LogP contribution in [0.4, 0.5) is 4.79 Å². The second-order valence-electron chi connectivity index (χ2n) is 5.86. The van der Waals surface area contributed by atoms with Crippen LogP contribution in [-0.4, -0.2) is 34.2 Å². The van der Waals surface area contributed by atoms with Crippen molar-refractivity contribution in [2.75, 3.05) is 13.1 Å². The van der Waals surface area contributed by atoms with Crippen molar-refractivity contribution in [2.45, 2.75) is 44.6 Å². The van der Waals surface area contributed by atoms with E-state index in [2.05, 4.69) is 33.8 Å². The summed E-state index contributed by atoms with van der Waals surface area (Å²) in [5.74, 6) is 1.05. The lowest BCUT2D eigenvalue weighted by atomic mass is 9.96. The van der Waals surface area contributed by atoms with Crippen LogP contribution in [0.3, 0.4) is 0 Å². The topological polar surface area (TPSA) is 71.3 Å². The summed E-state index contributed by atoms with van der Waals surface area (Å²) in [5.41, 5.74) is 0. The summed E-state index contributed by atoms with van der Waals surface area (Å²) in [5, 5.41) is 9.16. The number of rotatable bonds is 5. The molecule has 23 heavy (non-hydrogen) atoms. The summed E-state index contributed by atoms with van der Waals surface area (Å²) in [6, 6.07) is 4.27. The predicted molar refractivity (Wildman–Crippen MR) is 88.3 cm³/mol. The molecule has 2 aromatic rings. The lowest BCUT2D eigenvalue weighted by Gasteiger charge is -2.32. The van der Waals surface area contributed by atoms with Gasteiger partial charge in [0.25, 0.3) is 0 Å². The van der Waals surface area contributed by atoms with Gasteiger partial charge in [-0.05, 0) is 30.7 Å². The van der Waals surface area contributed by atoms with Gasteiger partial charge in [0.1, 0.15) is 0 Å². The molecule has 3 rings (SSSR count). The number of nitrogens with one attached hydrogen (secondary N) is 1. The highest BCUT2D eigenvalue weighted by molar-refractivity contribution is 7.10. The molecule has 1 atom stereocenters. The van der Waals surface area contributed by atoms with Crippen molar-refractivity contribution in [3.05, 3.63) is 34.6 Å². The number of nitrogens with zero attached hydrogens (tertiary/aromatic N) is 3. The second kappa shape index (κ2) is 7.59. The van der Waals surface area contributed by atoms with Crippen molar-refractivity contribution < 1.29 is 9.32 Å². The summed E-state index contributed by atoms with van der Waals surface area (Å²) in [4.78, 5) is 19.8. The fourth-order valence-electron chi connectivity index (χ4n) is 3.00. The van der Waals surface area contributed by atoms with E-state index in [1.807, 2.05) is 11.0 Å². The van der Waals surface area contributed by atoms with Gasteiger partial charge in [-0.25, -0.2) is 4.79 Å². The summed E-state index contributed by atoms with van der Waals surface area (Å²) < 4.78 is 4.81. The molecule has 124 valence electrons. The molecule has 3 heterocycles. The number of hydrogen-bond acceptors (Lipinski definition) is 5. The Kier molecular flexibility index (Phi) is 5.27. The Morgan fingerprint density at radius 3 is 2.96 bits per heavy atom. The second-order valence-corrected chi connectivity index (χ2v) is 6.84. The number of amides is 2. The fourth-order valence-corrected chi connectivity index (χ4v) is 3.82. The zero-order valence-electron chi connectivity index (χ0n) is 13.3. The molecule has 1 saturated heterocycles. The molecule has 2 amide bonds. The van der Waals surface area contributed by atoms with E-state index in [0.717, 1.165) is 44.6 Å². The third kappa shape index (κ3) is 3.90. The van der Waals surface area contributed by atoms with E-state index < -0.39 is 0 Å². The van der Waals surface area contributed by atoms with Crippen LogP contribution < -0.4 is 5.32 Å². The molecule has 0 aliphatic carbocycles. The number of piperidine rings is 1. The molecule has 1 fully saturated rings. The highest BCUT2D eigenvalue weighted by atomic mass is 32.1. The summed E-state index contributed by atoms with van der Waals surface area (Å²) >= 11 is 1.70. The Hall–Kier alpha value is -1.89. The van der Waals surface area contributed by atoms with Crippen LogP contribution in [0.25, 0.3) is 0 Å². The standard InChI is InChI=1S/C16H22N4O2S/c1-2-4-13(14-5-3-10-23-14)18-16(21)20-8-6-12(7-9-20)15-17-11-22-19-15/h3,5,10-13H,2,4,6-9H2,1H3,(H,18,21)/t13-/m1/s1. The maximum absolute atomic E-state index is 12.5. The van der Waals surface area contributed by atoms with Crippen molar-refractivity contribution in [1.29, 1.82) is 0 Å². The molecule has 0 unspecified atom stereocenters. The van der Waals surface area contributed by atoms with Crippen LogP contribution in [0, 0.1) is 0 Å². The minimum atomic E-state index is 0.0309. The largest absolute Gasteiger partial charge is 0.343 e. The first-order valence-electron chi connectivity index (χ1n) is 8.13. The maximum atomic E-state index is 12.5. The average molecular weight is 334 g/mol. The van der Waals surface area contributed by atoms with E-state index in [-0.39, 0.29) is 12.1 Å². The zero-order chi connectivity index (χ0) is 16.1. The molecule has 0 spiro atoms. The minimum absolute atomic E-state index is 0.0309. The summed E-state index contributed by atoms with van der Waals surface area (Å²) in [6.45, 7) is 3.60. The van der Waals surface area contributed by atoms with Gasteiger partial charge in [0, 0.05) is 23.9 Å². The maximum Gasteiger partial charge on any atom is 0.317 e. The van der Waals surface area contributed by atoms with Crippen LogP contribution in [0.15, 0.2) is 28.4 Å². The van der Waals surface area contributed by atoms with Crippen molar-refractivity contribution in [2.24, 2.45) is 0 Å². The van der Waals surface area contributed by atoms with Crippen LogP contribution in [0.2, 0.25) is 0 Å². The van der Waals surface area contributed by atoms with Crippen molar-refractivity contribution in [1.82, 2.24) is 20.4 Å². The Bertz CT molecular complexity index is 592. The average Bonchev–Trinajstić information content (AvgIpc) is 3.28. The number of aromatic nitrogens is 2. The lowest BCUT2D eigenvalue weighted by Crippen LogP contribution is -2.45. The molecule has 0 bridgehead atoms. The molecular formula is C16H22N4O2S. The molecular weight excluding hydrogens is 312 g/mol. The Morgan fingerprint density at radius 1 is 1.52 bits per heavy atom. The molecule has 0 radical (unpaired) electrons. The first-order valence-corrected chi connectivity index (χ1v) is 9.01. The number of urea groups is 1. The van der Waals surface area contributed by atoms with E-state index in [1.54, 1.807) is 11.3 Å². The summed E-state index contributed by atoms with van der Waals surface area (Å²) in [7, 11) is 0. The number of carbonyl (C=O) groups is 1. The van der Waals surface area contributed by atoms with E-state index in [1.165, 1.54) is 11.3 Å². The number of hydrogen-bond donors (Lipinski definition) is 1. The molecule has 1 aliphatic heterocycles. The zero-order valence-corrected chi connectivity index (χ0v) is 14.1. The lowest BCUT2D eigenvalue weighted by molar-refractivity contribution is 0.175. The third-order valence-corrected chi connectivity index (χ3v) is 5.27. The van der Waals surface area contributed by atoms with Gasteiger partial charge >= 0.3 is 6.03 Å². The molecule has 0 saturated carbocycles. The van der Waals surface area contributed by atoms with Gasteiger partial charge < -0.3 is 14.7 Å². The molecule has 1 N–H and O–H groups in total. The van der Waals surface area contributed by atoms with Crippen molar-refractivity contribution >= 4 is 17.4 Å². The van der Waals surface area contributed by atoms with E-state index in [4.69, 9.17) is 4.52 Å². The highest BCUT2D eigenvalue weighted by Gasteiger charge is 2.27. The van der Waals surface area contributed by atoms with Gasteiger partial charge in [-0.1, -0.05) is 24.6 Å². The van der Waals surface area contributed by atoms with Crippen LogP contribution in [0.5, 0.6) is 0 Å². The van der Waals surface area contributed by atoms with Gasteiger partial charge in [0.2, 0.25) is 6.39 Å². The van der Waals surface area contributed by atoms with Crippen LogP contribution in [-0.2, 0) is 0 Å². The smallest absolute Gasteiger partial charge is 0.317 e. The molecule has 2 aromatic heterocycles. The molecule has 1 aliphatic rings. The van der Waals surface area contributed by atoms with E-state index in [0.29, 0.717) is 5.92 Å². The Labute approximate surface area is 139 Å². The van der Waals surface area contributed by atoms with Crippen molar-refractivity contribution in [3.63, 3.8) is 0 Å². The Morgan fingerprint density at radius 2 is 2.35 bits per heavy atom. The first kappa shape index (κ1) is 16.0. The number of likely N-dealkylation sites (tertiary alicyclic amines) is 1. The van der Waals surface area contributed by atoms with Crippen LogP contribution >= 0.6 is 11.3 Å². The van der Waals surface area contributed by atoms with Crippen LogP contribution in [0.1, 0.15) is 55.3 Å². The van der Waals surface area contributed by atoms with Gasteiger partial charge in [-0.15, -0.1) is 11.3 Å². The van der Waals surface area contributed by atoms with E-state index >= 15 is 0 Å². The minimum Gasteiger partial charge on any atom is -0.343 e. The number of thiophene rings is 1. The fraction of sp³-hybridized carbons (Fsp3) is 0.562. The Balaban J connectivity index is 1.54. The predicted octanol–water partition coefficient (Wildman–Crippen LogP) is 3.56. The quantitative estimate of drug-likeness (QED) is 0.907. The highest BCUT2D eigenvalue weighted by Crippen LogP contribution is 2.27. The van der Waals surface area contributed by atoms with Gasteiger partial charge in [0.15, 0.2) is 5.82 Å². The van der Waals surface area contributed by atoms with E-state index in [9.17, 15) is 4.79 Å².